The molecule has 1 amide bonds. The average molecular weight is 382 g/mol. The van der Waals surface area contributed by atoms with E-state index in [1.807, 2.05) is 48.5 Å². The highest BCUT2D eigenvalue weighted by atomic mass is 32.1. The maximum atomic E-state index is 12.0. The summed E-state index contributed by atoms with van der Waals surface area (Å²) in [6.07, 6.45) is 1.69. The molecule has 1 saturated heterocycles. The fourth-order valence-electron chi connectivity index (χ4n) is 3.19. The number of amides is 1. The van der Waals surface area contributed by atoms with E-state index >= 15 is 0 Å². The van der Waals surface area contributed by atoms with Crippen LogP contribution in [0.15, 0.2) is 48.5 Å². The molecule has 0 spiro atoms. The summed E-state index contributed by atoms with van der Waals surface area (Å²) in [4.78, 5) is 19.0. The number of anilines is 2. The van der Waals surface area contributed by atoms with Gasteiger partial charge in [-0.2, -0.15) is 0 Å². The van der Waals surface area contributed by atoms with Crippen LogP contribution in [0.4, 0.5) is 15.6 Å². The number of aromatic nitrogens is 1. The zero-order valence-corrected chi connectivity index (χ0v) is 15.7. The Morgan fingerprint density at radius 3 is 2.96 bits per heavy atom. The number of nitrogens with one attached hydrogen (secondary N) is 1. The highest BCUT2D eigenvalue weighted by Gasteiger charge is 2.20. The molecule has 6 nitrogen and oxygen atoms in total. The summed E-state index contributed by atoms with van der Waals surface area (Å²) >= 11 is 1.66. The summed E-state index contributed by atoms with van der Waals surface area (Å²) in [5, 5.41) is 3.76. The first-order chi connectivity index (χ1) is 13.2. The number of hydrogen-bond acceptors (Lipinski definition) is 6. The largest absolute Gasteiger partial charge is 0.444 e. The summed E-state index contributed by atoms with van der Waals surface area (Å²) < 4.78 is 6.36. The Hall–Kier alpha value is -2.64. The third kappa shape index (κ3) is 4.37. The second-order valence-corrected chi connectivity index (χ2v) is 7.72. The van der Waals surface area contributed by atoms with Crippen LogP contribution in [0.1, 0.15) is 18.4 Å². The first-order valence-electron chi connectivity index (χ1n) is 9.06. The van der Waals surface area contributed by atoms with E-state index in [9.17, 15) is 4.79 Å². The number of thiazole rings is 1. The van der Waals surface area contributed by atoms with Gasteiger partial charge < -0.3 is 15.4 Å². The number of nitrogens with zero attached hydrogens (tertiary/aromatic N) is 2. The summed E-state index contributed by atoms with van der Waals surface area (Å²) in [6.45, 7) is 2.08. The number of nitrogens with two attached hydrogens (primary N) is 1. The number of carbonyl (C=O) groups excluding carboxylic acids is 1. The van der Waals surface area contributed by atoms with Gasteiger partial charge in [-0.1, -0.05) is 41.7 Å². The highest BCUT2D eigenvalue weighted by molar-refractivity contribution is 7.22. The van der Waals surface area contributed by atoms with Gasteiger partial charge in [0.2, 0.25) is 0 Å². The van der Waals surface area contributed by atoms with Crippen molar-refractivity contribution in [2.75, 3.05) is 23.3 Å². The number of fused-ring (bicyclic) bond motifs is 1. The van der Waals surface area contributed by atoms with E-state index < -0.39 is 6.09 Å². The van der Waals surface area contributed by atoms with Gasteiger partial charge in [0.05, 0.1) is 10.2 Å². The van der Waals surface area contributed by atoms with Crippen LogP contribution in [0.2, 0.25) is 0 Å². The summed E-state index contributed by atoms with van der Waals surface area (Å²) in [5.74, 6) is 0. The van der Waals surface area contributed by atoms with E-state index in [-0.39, 0.29) is 12.6 Å². The number of hydrogen-bond donors (Lipinski definition) is 2. The predicted molar refractivity (Wildman–Crippen MR) is 109 cm³/mol. The van der Waals surface area contributed by atoms with Crippen LogP contribution in [-0.4, -0.2) is 30.2 Å². The molecule has 3 aromatic rings. The van der Waals surface area contributed by atoms with Crippen molar-refractivity contribution in [3.05, 3.63) is 54.1 Å². The van der Waals surface area contributed by atoms with Gasteiger partial charge in [-0.05, 0) is 36.6 Å². The van der Waals surface area contributed by atoms with Crippen molar-refractivity contribution in [2.24, 2.45) is 5.73 Å². The topological polar surface area (TPSA) is 80.5 Å². The second kappa shape index (κ2) is 7.94. The Kier molecular flexibility index (Phi) is 5.22. The lowest BCUT2D eigenvalue weighted by atomic mass is 10.1. The average Bonchev–Trinajstić information content (AvgIpc) is 3.11. The molecule has 0 radical (unpaired) electrons. The lowest BCUT2D eigenvalue weighted by molar-refractivity contribution is 0.155. The van der Waals surface area contributed by atoms with E-state index in [0.29, 0.717) is 5.69 Å². The van der Waals surface area contributed by atoms with Crippen molar-refractivity contribution in [1.82, 2.24) is 4.98 Å². The number of benzene rings is 2. The van der Waals surface area contributed by atoms with Crippen LogP contribution in [0, 0.1) is 0 Å². The van der Waals surface area contributed by atoms with Crippen molar-refractivity contribution in [1.29, 1.82) is 0 Å². The third-order valence-corrected chi connectivity index (χ3v) is 5.66. The number of ether oxygens (including phenoxy) is 1. The van der Waals surface area contributed by atoms with Crippen molar-refractivity contribution in [3.63, 3.8) is 0 Å². The van der Waals surface area contributed by atoms with Crippen molar-refractivity contribution >= 4 is 38.5 Å². The van der Waals surface area contributed by atoms with Crippen LogP contribution in [-0.2, 0) is 11.3 Å². The molecule has 0 aliphatic carbocycles. The minimum absolute atomic E-state index is 0.211. The Balaban J connectivity index is 1.41. The Morgan fingerprint density at radius 1 is 1.30 bits per heavy atom. The molecule has 0 saturated carbocycles. The van der Waals surface area contributed by atoms with Gasteiger partial charge in [-0.25, -0.2) is 9.78 Å². The lowest BCUT2D eigenvalue weighted by Gasteiger charge is -2.30. The zero-order chi connectivity index (χ0) is 18.6. The quantitative estimate of drug-likeness (QED) is 0.714. The van der Waals surface area contributed by atoms with Crippen LogP contribution in [0.5, 0.6) is 0 Å². The molecule has 1 atom stereocenters. The van der Waals surface area contributed by atoms with Gasteiger partial charge in [-0.15, -0.1) is 0 Å². The van der Waals surface area contributed by atoms with Crippen LogP contribution in [0.3, 0.4) is 0 Å². The molecule has 4 rings (SSSR count). The molecule has 27 heavy (non-hydrogen) atoms. The van der Waals surface area contributed by atoms with Crippen LogP contribution >= 0.6 is 11.3 Å². The molecule has 7 heteroatoms. The molecule has 3 N–H and O–H groups in total. The molecule has 2 heterocycles. The molecule has 140 valence electrons. The molecule has 1 aromatic heterocycles. The predicted octanol–water partition coefficient (Wildman–Crippen LogP) is 3.97. The van der Waals surface area contributed by atoms with Crippen LogP contribution < -0.4 is 16.0 Å². The van der Waals surface area contributed by atoms with E-state index in [0.717, 1.165) is 46.8 Å². The summed E-state index contributed by atoms with van der Waals surface area (Å²) in [5.41, 5.74) is 8.58. The molecule has 0 bridgehead atoms. The maximum Gasteiger partial charge on any atom is 0.411 e. The zero-order valence-electron chi connectivity index (χ0n) is 14.9. The van der Waals surface area contributed by atoms with Crippen LogP contribution in [0.25, 0.3) is 10.2 Å². The van der Waals surface area contributed by atoms with Gasteiger partial charge >= 0.3 is 6.09 Å². The molecule has 0 unspecified atom stereocenters. The minimum atomic E-state index is -0.476. The SMILES string of the molecule is N[C@@H]1CCCN(c2nc3cc(NC(=O)OCc4ccccc4)ccc3s2)C1. The molecule has 1 fully saturated rings. The maximum absolute atomic E-state index is 12.0. The smallest absolute Gasteiger partial charge is 0.411 e. The fraction of sp³-hybridized carbons (Fsp3) is 0.300. The molecule has 1 aliphatic rings. The fourth-order valence-corrected chi connectivity index (χ4v) is 4.17. The monoisotopic (exact) mass is 382 g/mol. The van der Waals surface area contributed by atoms with E-state index in [1.54, 1.807) is 11.3 Å². The first-order valence-corrected chi connectivity index (χ1v) is 9.88. The third-order valence-electron chi connectivity index (χ3n) is 4.56. The van der Waals surface area contributed by atoms with Crippen molar-refractivity contribution < 1.29 is 9.53 Å². The number of piperidine rings is 1. The Labute approximate surface area is 162 Å². The van der Waals surface area contributed by atoms with E-state index in [1.165, 1.54) is 0 Å². The number of rotatable bonds is 4. The normalized spacial score (nSPS) is 17.1. The first kappa shape index (κ1) is 17.8. The van der Waals surface area contributed by atoms with Crippen molar-refractivity contribution in [2.45, 2.75) is 25.5 Å². The Morgan fingerprint density at radius 2 is 2.15 bits per heavy atom. The van der Waals surface area contributed by atoms with Crippen molar-refractivity contribution in [3.8, 4) is 0 Å². The molecular formula is C20H22N4O2S. The lowest BCUT2D eigenvalue weighted by Crippen LogP contribution is -2.42. The van der Waals surface area contributed by atoms with Gasteiger partial charge in [0, 0.05) is 24.8 Å². The molecular weight excluding hydrogens is 360 g/mol. The van der Waals surface area contributed by atoms with E-state index in [4.69, 9.17) is 15.5 Å². The Bertz CT molecular complexity index is 928. The summed E-state index contributed by atoms with van der Waals surface area (Å²) in [7, 11) is 0. The van der Waals surface area contributed by atoms with Gasteiger partial charge in [0.25, 0.3) is 0 Å². The van der Waals surface area contributed by atoms with Gasteiger partial charge in [-0.3, -0.25) is 5.32 Å². The minimum Gasteiger partial charge on any atom is -0.444 e. The standard InChI is InChI=1S/C20H22N4O2S/c21-15-7-4-10-24(12-15)19-23-17-11-16(8-9-18(17)27-19)22-20(25)26-13-14-5-2-1-3-6-14/h1-3,5-6,8-9,11,15H,4,7,10,12-13,21H2,(H,22,25)/t15-/m1/s1. The molecule has 2 aromatic carbocycles. The summed E-state index contributed by atoms with van der Waals surface area (Å²) in [6, 6.07) is 15.5. The van der Waals surface area contributed by atoms with E-state index in [2.05, 4.69) is 10.2 Å². The number of carbonyl (C=O) groups is 1. The van der Waals surface area contributed by atoms with Gasteiger partial charge in [0.1, 0.15) is 6.61 Å². The highest BCUT2D eigenvalue weighted by Crippen LogP contribution is 2.31. The molecule has 1 aliphatic heterocycles. The second-order valence-electron chi connectivity index (χ2n) is 6.71. The van der Waals surface area contributed by atoms with Gasteiger partial charge in [0.15, 0.2) is 5.13 Å².